The van der Waals surface area contributed by atoms with Crippen LogP contribution in [0.2, 0.25) is 0 Å². The molecule has 1 aromatic carbocycles. The van der Waals surface area contributed by atoms with Gasteiger partial charge < -0.3 is 10.1 Å². The van der Waals surface area contributed by atoms with Gasteiger partial charge in [0.2, 0.25) is 5.91 Å². The summed E-state index contributed by atoms with van der Waals surface area (Å²) in [5, 5.41) is 3.25. The van der Waals surface area contributed by atoms with Crippen molar-refractivity contribution in [3.63, 3.8) is 0 Å². The molecule has 2 saturated carbocycles. The number of carbonyl (C=O) groups excluding carboxylic acids is 1. The number of benzene rings is 1. The number of carbonyl (C=O) groups is 1. The SMILES string of the molecule is O=C(N[C@@H]1CCOC2(CCCCC2)C1)[C@H]1C[C@H]1c1cccc(F)c1. The minimum Gasteiger partial charge on any atom is -0.375 e. The van der Waals surface area contributed by atoms with Crippen molar-refractivity contribution in [2.45, 2.75) is 68.9 Å². The van der Waals surface area contributed by atoms with Crippen molar-refractivity contribution in [3.8, 4) is 0 Å². The highest BCUT2D eigenvalue weighted by atomic mass is 19.1. The lowest BCUT2D eigenvalue weighted by Gasteiger charge is -2.43. The summed E-state index contributed by atoms with van der Waals surface area (Å²) in [7, 11) is 0. The molecule has 1 spiro atoms. The van der Waals surface area contributed by atoms with Crippen LogP contribution in [0, 0.1) is 11.7 Å². The van der Waals surface area contributed by atoms with Gasteiger partial charge in [-0.25, -0.2) is 4.39 Å². The zero-order valence-corrected chi connectivity index (χ0v) is 14.1. The van der Waals surface area contributed by atoms with Gasteiger partial charge in [0.15, 0.2) is 0 Å². The van der Waals surface area contributed by atoms with Gasteiger partial charge in [-0.1, -0.05) is 31.4 Å². The predicted molar refractivity (Wildman–Crippen MR) is 90.2 cm³/mol. The van der Waals surface area contributed by atoms with Crippen LogP contribution in [0.1, 0.15) is 62.8 Å². The number of halogens is 1. The van der Waals surface area contributed by atoms with Crippen molar-refractivity contribution in [3.05, 3.63) is 35.6 Å². The Hall–Kier alpha value is -1.42. The Morgan fingerprint density at radius 2 is 2.08 bits per heavy atom. The molecule has 2 aliphatic carbocycles. The van der Waals surface area contributed by atoms with Crippen LogP contribution < -0.4 is 5.32 Å². The third-order valence-corrected chi connectivity index (χ3v) is 6.01. The van der Waals surface area contributed by atoms with E-state index in [2.05, 4.69) is 5.32 Å². The van der Waals surface area contributed by atoms with Gasteiger partial charge in [-0.3, -0.25) is 4.79 Å². The summed E-state index contributed by atoms with van der Waals surface area (Å²) in [5.41, 5.74) is 0.964. The molecule has 4 heteroatoms. The van der Waals surface area contributed by atoms with Crippen LogP contribution >= 0.6 is 0 Å². The van der Waals surface area contributed by atoms with Crippen LogP contribution in [0.4, 0.5) is 4.39 Å². The maximum absolute atomic E-state index is 13.3. The Morgan fingerprint density at radius 3 is 2.88 bits per heavy atom. The lowest BCUT2D eigenvalue weighted by Crippen LogP contribution is -2.49. The van der Waals surface area contributed by atoms with E-state index < -0.39 is 0 Å². The second-order valence-electron chi connectivity index (χ2n) is 7.79. The molecule has 0 bridgehead atoms. The maximum atomic E-state index is 13.3. The molecule has 3 aliphatic rings. The minimum atomic E-state index is -0.220. The number of amides is 1. The van der Waals surface area contributed by atoms with Crippen LogP contribution in [-0.4, -0.2) is 24.2 Å². The highest BCUT2D eigenvalue weighted by Gasteiger charge is 2.46. The van der Waals surface area contributed by atoms with E-state index >= 15 is 0 Å². The Labute approximate surface area is 143 Å². The Kier molecular flexibility index (Phi) is 4.33. The Balaban J connectivity index is 1.33. The lowest BCUT2D eigenvalue weighted by atomic mass is 9.78. The standard InChI is InChI=1S/C20H26FNO2/c21-15-6-4-5-14(11-15)17-12-18(17)19(23)22-16-7-10-24-20(13-16)8-2-1-3-9-20/h4-6,11,16-18H,1-3,7-10,12-13H2,(H,22,23)/t16-,17+,18+/m1/s1. The summed E-state index contributed by atoms with van der Waals surface area (Å²) in [5.74, 6) is 0.116. The summed E-state index contributed by atoms with van der Waals surface area (Å²) in [4.78, 5) is 12.6. The van der Waals surface area contributed by atoms with Crippen molar-refractivity contribution in [2.24, 2.45) is 5.92 Å². The monoisotopic (exact) mass is 331 g/mol. The van der Waals surface area contributed by atoms with Crippen molar-refractivity contribution in [1.82, 2.24) is 5.32 Å². The quantitative estimate of drug-likeness (QED) is 0.911. The number of hydrogen-bond acceptors (Lipinski definition) is 2. The van der Waals surface area contributed by atoms with Crippen molar-refractivity contribution in [2.75, 3.05) is 6.61 Å². The van der Waals surface area contributed by atoms with Crippen LogP contribution in [0.15, 0.2) is 24.3 Å². The Bertz CT molecular complexity index is 606. The first-order valence-corrected chi connectivity index (χ1v) is 9.35. The summed E-state index contributed by atoms with van der Waals surface area (Å²) in [6.45, 7) is 0.753. The molecule has 130 valence electrons. The second-order valence-corrected chi connectivity index (χ2v) is 7.79. The van der Waals surface area contributed by atoms with Crippen molar-refractivity contribution < 1.29 is 13.9 Å². The predicted octanol–water partition coefficient (Wildman–Crippen LogP) is 3.93. The molecule has 4 rings (SSSR count). The van der Waals surface area contributed by atoms with E-state index in [1.807, 2.05) is 6.07 Å². The van der Waals surface area contributed by atoms with E-state index in [4.69, 9.17) is 4.74 Å². The second kappa shape index (κ2) is 6.47. The largest absolute Gasteiger partial charge is 0.375 e. The molecule has 1 N–H and O–H groups in total. The average Bonchev–Trinajstić information content (AvgIpc) is 3.36. The molecule has 24 heavy (non-hydrogen) atoms. The molecular weight excluding hydrogens is 305 g/mol. The highest BCUT2D eigenvalue weighted by Crippen LogP contribution is 2.48. The topological polar surface area (TPSA) is 38.3 Å². The fourth-order valence-electron chi connectivity index (χ4n) is 4.59. The fourth-order valence-corrected chi connectivity index (χ4v) is 4.59. The number of hydrogen-bond donors (Lipinski definition) is 1. The van der Waals surface area contributed by atoms with Gasteiger partial charge in [0.25, 0.3) is 0 Å². The first-order chi connectivity index (χ1) is 11.7. The van der Waals surface area contributed by atoms with Gasteiger partial charge in [0.1, 0.15) is 5.82 Å². The van der Waals surface area contributed by atoms with Crippen molar-refractivity contribution in [1.29, 1.82) is 0 Å². The molecule has 3 atom stereocenters. The molecule has 1 saturated heterocycles. The first-order valence-electron chi connectivity index (χ1n) is 9.35. The maximum Gasteiger partial charge on any atom is 0.223 e. The molecule has 3 nitrogen and oxygen atoms in total. The molecule has 3 fully saturated rings. The van der Waals surface area contributed by atoms with E-state index in [1.54, 1.807) is 12.1 Å². The summed E-state index contributed by atoms with van der Waals surface area (Å²) >= 11 is 0. The van der Waals surface area contributed by atoms with E-state index in [0.717, 1.165) is 44.3 Å². The number of ether oxygens (including phenoxy) is 1. The van der Waals surface area contributed by atoms with Crippen molar-refractivity contribution >= 4 is 5.91 Å². The molecule has 0 unspecified atom stereocenters. The third kappa shape index (κ3) is 3.34. The van der Waals surface area contributed by atoms with Gasteiger partial charge in [0, 0.05) is 18.6 Å². The number of rotatable bonds is 3. The smallest absolute Gasteiger partial charge is 0.223 e. The Morgan fingerprint density at radius 1 is 1.25 bits per heavy atom. The molecule has 1 aliphatic heterocycles. The summed E-state index contributed by atoms with van der Waals surface area (Å²) in [6.07, 6.45) is 8.75. The van der Waals surface area contributed by atoms with Gasteiger partial charge >= 0.3 is 0 Å². The minimum absolute atomic E-state index is 0.0111. The molecule has 0 radical (unpaired) electrons. The van der Waals surface area contributed by atoms with Gasteiger partial charge in [-0.2, -0.15) is 0 Å². The van der Waals surface area contributed by atoms with Crippen LogP contribution in [0.3, 0.4) is 0 Å². The van der Waals surface area contributed by atoms with E-state index in [-0.39, 0.29) is 35.2 Å². The molecule has 1 amide bonds. The fraction of sp³-hybridized carbons (Fsp3) is 0.650. The summed E-state index contributed by atoms with van der Waals surface area (Å²) in [6, 6.07) is 6.89. The molecule has 1 heterocycles. The zero-order chi connectivity index (χ0) is 16.6. The highest BCUT2D eigenvalue weighted by molar-refractivity contribution is 5.83. The first kappa shape index (κ1) is 16.1. The van der Waals surface area contributed by atoms with Crippen LogP contribution in [0.25, 0.3) is 0 Å². The molecular formula is C20H26FNO2. The third-order valence-electron chi connectivity index (χ3n) is 6.01. The summed E-state index contributed by atoms with van der Waals surface area (Å²) < 4.78 is 19.4. The van der Waals surface area contributed by atoms with Crippen LogP contribution in [-0.2, 0) is 9.53 Å². The van der Waals surface area contributed by atoms with E-state index in [1.165, 1.54) is 25.3 Å². The van der Waals surface area contributed by atoms with Gasteiger partial charge in [-0.05, 0) is 55.7 Å². The van der Waals surface area contributed by atoms with Gasteiger partial charge in [0.05, 0.1) is 5.60 Å². The van der Waals surface area contributed by atoms with E-state index in [9.17, 15) is 9.18 Å². The van der Waals surface area contributed by atoms with Gasteiger partial charge in [-0.15, -0.1) is 0 Å². The normalized spacial score (nSPS) is 31.6. The lowest BCUT2D eigenvalue weighted by molar-refractivity contribution is -0.129. The zero-order valence-electron chi connectivity index (χ0n) is 14.1. The molecule has 0 aromatic heterocycles. The number of nitrogens with one attached hydrogen (secondary N) is 1. The average molecular weight is 331 g/mol. The van der Waals surface area contributed by atoms with E-state index in [0.29, 0.717) is 0 Å². The molecule has 1 aromatic rings. The van der Waals surface area contributed by atoms with Crippen LogP contribution in [0.5, 0.6) is 0 Å².